The maximum atomic E-state index is 11.9. The fourth-order valence-corrected chi connectivity index (χ4v) is 3.72. The normalized spacial score (nSPS) is 13.9. The lowest BCUT2D eigenvalue weighted by atomic mass is 10.1. The number of hydrogen-bond acceptors (Lipinski definition) is 3. The summed E-state index contributed by atoms with van der Waals surface area (Å²) < 4.78 is 2.27. The van der Waals surface area contributed by atoms with Crippen molar-refractivity contribution in [3.05, 3.63) is 53.3 Å². The van der Waals surface area contributed by atoms with Crippen LogP contribution in [0.25, 0.3) is 11.0 Å². The minimum Gasteiger partial charge on any atom is -0.362 e. The molecule has 1 aromatic heterocycles. The van der Waals surface area contributed by atoms with Gasteiger partial charge >= 0.3 is 0 Å². The van der Waals surface area contributed by atoms with E-state index in [1.165, 1.54) is 0 Å². The molecule has 0 aliphatic carbocycles. The second-order valence-corrected chi connectivity index (χ2v) is 7.86. The molecule has 0 spiro atoms. The summed E-state index contributed by atoms with van der Waals surface area (Å²) in [6.07, 6.45) is 0.536. The zero-order chi connectivity index (χ0) is 19.0. The topological polar surface area (TPSA) is 50.2 Å². The second kappa shape index (κ2) is 7.24. The van der Waals surface area contributed by atoms with Crippen LogP contribution in [0.1, 0.15) is 26.1 Å². The lowest BCUT2D eigenvalue weighted by Crippen LogP contribution is -2.33. The van der Waals surface area contributed by atoms with Gasteiger partial charge in [0.1, 0.15) is 5.82 Å². The predicted molar refractivity (Wildman–Crippen MR) is 110 cm³/mol. The molecule has 3 aromatic rings. The average Bonchev–Trinajstić information content (AvgIpc) is 2.98. The lowest BCUT2D eigenvalue weighted by molar-refractivity contribution is -0.116. The Morgan fingerprint density at radius 2 is 1.96 bits per heavy atom. The molecule has 0 saturated heterocycles. The number of hydrogen-bond donors (Lipinski definition) is 1. The number of fused-ring (bicyclic) bond motifs is 3. The predicted octanol–water partition coefficient (Wildman–Crippen LogP) is 4.69. The molecule has 0 atom stereocenters. The minimum absolute atomic E-state index is 0.0584. The molecule has 0 radical (unpaired) electrons. The number of benzene rings is 2. The summed E-state index contributed by atoms with van der Waals surface area (Å²) in [4.78, 5) is 19.0. The molecule has 140 valence electrons. The molecule has 1 aliphatic rings. The number of carbonyl (C=O) groups is 1. The van der Waals surface area contributed by atoms with Gasteiger partial charge in [0, 0.05) is 35.9 Å². The monoisotopic (exact) mass is 382 g/mol. The third-order valence-corrected chi connectivity index (χ3v) is 5.06. The molecular weight excluding hydrogens is 360 g/mol. The van der Waals surface area contributed by atoms with E-state index in [-0.39, 0.29) is 5.91 Å². The molecule has 0 saturated carbocycles. The highest BCUT2D eigenvalue weighted by molar-refractivity contribution is 6.31. The van der Waals surface area contributed by atoms with Crippen LogP contribution in [0, 0.1) is 5.92 Å². The van der Waals surface area contributed by atoms with E-state index in [2.05, 4.69) is 26.9 Å². The largest absolute Gasteiger partial charge is 0.362 e. The fraction of sp³-hybridized carbons (Fsp3) is 0.333. The maximum absolute atomic E-state index is 11.9. The van der Waals surface area contributed by atoms with E-state index >= 15 is 0 Å². The number of carbonyl (C=O) groups excluding carboxylic acids is 1. The Morgan fingerprint density at radius 3 is 2.70 bits per heavy atom. The molecule has 0 bridgehead atoms. The second-order valence-electron chi connectivity index (χ2n) is 7.43. The van der Waals surface area contributed by atoms with Crippen LogP contribution in [0.3, 0.4) is 0 Å². The van der Waals surface area contributed by atoms with E-state index in [0.717, 1.165) is 47.9 Å². The molecule has 0 fully saturated rings. The van der Waals surface area contributed by atoms with Crippen molar-refractivity contribution in [1.29, 1.82) is 0 Å². The number of amides is 1. The number of rotatable bonds is 4. The average molecular weight is 383 g/mol. The number of aromatic nitrogens is 2. The summed E-state index contributed by atoms with van der Waals surface area (Å²) >= 11 is 6.10. The SMILES string of the molecule is CC(C)CC(=O)Nc1ccc(N2CCn3c(nc4cc(Cl)ccc43)C2)cc1. The van der Waals surface area contributed by atoms with Crippen LogP contribution in [0.4, 0.5) is 11.4 Å². The van der Waals surface area contributed by atoms with Gasteiger partial charge in [-0.3, -0.25) is 4.79 Å². The Labute approximate surface area is 163 Å². The Hall–Kier alpha value is -2.53. The first-order valence-corrected chi connectivity index (χ1v) is 9.67. The van der Waals surface area contributed by atoms with Crippen molar-refractivity contribution >= 4 is 39.9 Å². The van der Waals surface area contributed by atoms with Crippen LogP contribution in [-0.4, -0.2) is 22.0 Å². The molecule has 27 heavy (non-hydrogen) atoms. The van der Waals surface area contributed by atoms with E-state index in [9.17, 15) is 4.79 Å². The summed E-state index contributed by atoms with van der Waals surface area (Å²) in [6, 6.07) is 13.9. The van der Waals surface area contributed by atoms with Gasteiger partial charge in [-0.1, -0.05) is 25.4 Å². The zero-order valence-corrected chi connectivity index (χ0v) is 16.3. The van der Waals surface area contributed by atoms with Crippen molar-refractivity contribution in [2.75, 3.05) is 16.8 Å². The van der Waals surface area contributed by atoms with Crippen molar-refractivity contribution in [3.8, 4) is 0 Å². The quantitative estimate of drug-likeness (QED) is 0.711. The summed E-state index contributed by atoms with van der Waals surface area (Å²) in [6.45, 7) is 6.65. The molecule has 6 heteroatoms. The van der Waals surface area contributed by atoms with Crippen molar-refractivity contribution in [2.24, 2.45) is 5.92 Å². The summed E-state index contributed by atoms with van der Waals surface area (Å²) in [5, 5.41) is 3.67. The Bertz CT molecular complexity index is 978. The van der Waals surface area contributed by atoms with Crippen molar-refractivity contribution in [1.82, 2.24) is 9.55 Å². The molecular formula is C21H23ClN4O. The van der Waals surface area contributed by atoms with Gasteiger partial charge in [-0.05, 0) is 48.4 Å². The Balaban J connectivity index is 1.49. The fourth-order valence-electron chi connectivity index (χ4n) is 3.55. The standard InChI is InChI=1S/C21H23ClN4O/c1-14(2)11-21(27)23-16-4-6-17(7-5-16)25-9-10-26-19-8-3-15(22)12-18(19)24-20(26)13-25/h3-8,12,14H,9-11,13H2,1-2H3,(H,23,27). The highest BCUT2D eigenvalue weighted by atomic mass is 35.5. The molecule has 2 heterocycles. The third kappa shape index (κ3) is 3.78. The first-order valence-electron chi connectivity index (χ1n) is 9.29. The van der Waals surface area contributed by atoms with E-state index in [1.807, 2.05) is 44.2 Å². The first kappa shape index (κ1) is 17.9. The number of halogens is 1. The van der Waals surface area contributed by atoms with Gasteiger partial charge in [-0.15, -0.1) is 0 Å². The van der Waals surface area contributed by atoms with Crippen LogP contribution in [-0.2, 0) is 17.9 Å². The first-order chi connectivity index (χ1) is 13.0. The van der Waals surface area contributed by atoms with Crippen LogP contribution < -0.4 is 10.2 Å². The molecule has 1 aliphatic heterocycles. The maximum Gasteiger partial charge on any atom is 0.224 e. The summed E-state index contributed by atoms with van der Waals surface area (Å²) in [7, 11) is 0. The van der Waals surface area contributed by atoms with Crippen molar-refractivity contribution < 1.29 is 4.79 Å². The van der Waals surface area contributed by atoms with E-state index in [4.69, 9.17) is 16.6 Å². The molecule has 5 nitrogen and oxygen atoms in total. The van der Waals surface area contributed by atoms with Gasteiger partial charge in [0.15, 0.2) is 0 Å². The third-order valence-electron chi connectivity index (χ3n) is 4.82. The van der Waals surface area contributed by atoms with Crippen LogP contribution in [0.2, 0.25) is 5.02 Å². The van der Waals surface area contributed by atoms with Gasteiger partial charge in [0.2, 0.25) is 5.91 Å². The number of nitrogens with one attached hydrogen (secondary N) is 1. The van der Waals surface area contributed by atoms with Gasteiger partial charge in [-0.25, -0.2) is 4.98 Å². The lowest BCUT2D eigenvalue weighted by Gasteiger charge is -2.30. The van der Waals surface area contributed by atoms with Gasteiger partial charge in [0.25, 0.3) is 0 Å². The Kier molecular flexibility index (Phi) is 4.79. The molecule has 0 unspecified atom stereocenters. The molecule has 1 amide bonds. The van der Waals surface area contributed by atoms with Gasteiger partial charge < -0.3 is 14.8 Å². The Morgan fingerprint density at radius 1 is 1.19 bits per heavy atom. The van der Waals surface area contributed by atoms with E-state index in [0.29, 0.717) is 17.4 Å². The molecule has 1 N–H and O–H groups in total. The zero-order valence-electron chi connectivity index (χ0n) is 15.6. The highest BCUT2D eigenvalue weighted by Gasteiger charge is 2.20. The van der Waals surface area contributed by atoms with Crippen molar-refractivity contribution in [2.45, 2.75) is 33.4 Å². The van der Waals surface area contributed by atoms with Crippen LogP contribution in [0.15, 0.2) is 42.5 Å². The van der Waals surface area contributed by atoms with Crippen molar-refractivity contribution in [3.63, 3.8) is 0 Å². The van der Waals surface area contributed by atoms with E-state index in [1.54, 1.807) is 0 Å². The molecule has 4 rings (SSSR count). The van der Waals surface area contributed by atoms with Crippen LogP contribution >= 0.6 is 11.6 Å². The highest BCUT2D eigenvalue weighted by Crippen LogP contribution is 2.27. The van der Waals surface area contributed by atoms with Gasteiger partial charge in [-0.2, -0.15) is 0 Å². The van der Waals surface area contributed by atoms with Crippen LogP contribution in [0.5, 0.6) is 0 Å². The smallest absolute Gasteiger partial charge is 0.224 e. The van der Waals surface area contributed by atoms with Gasteiger partial charge in [0.05, 0.1) is 17.6 Å². The summed E-state index contributed by atoms with van der Waals surface area (Å²) in [5.74, 6) is 1.46. The van der Waals surface area contributed by atoms with E-state index < -0.39 is 0 Å². The summed E-state index contributed by atoms with van der Waals surface area (Å²) in [5.41, 5.74) is 4.05. The number of anilines is 2. The number of imidazole rings is 1. The molecule has 2 aromatic carbocycles. The minimum atomic E-state index is 0.0584. The number of nitrogens with zero attached hydrogens (tertiary/aromatic N) is 3.